The minimum Gasteiger partial charge on any atom is -0.462 e. The van der Waals surface area contributed by atoms with Gasteiger partial charge in [-0.1, -0.05) is 59.8 Å². The van der Waals surface area contributed by atoms with E-state index in [1.807, 2.05) is 6.08 Å². The number of ether oxygens (including phenoxy) is 1. The fourth-order valence-electron chi connectivity index (χ4n) is 2.54. The molecule has 0 atom stereocenters. The van der Waals surface area contributed by atoms with E-state index in [9.17, 15) is 4.79 Å². The third-order valence-electron chi connectivity index (χ3n) is 3.84. The van der Waals surface area contributed by atoms with Crippen LogP contribution in [0, 0.1) is 0 Å². The first-order valence-electron chi connectivity index (χ1n) is 8.21. The van der Waals surface area contributed by atoms with Crippen molar-refractivity contribution in [2.45, 2.75) is 66.2 Å². The van der Waals surface area contributed by atoms with Gasteiger partial charge in [-0.2, -0.15) is 0 Å². The maximum Gasteiger partial charge on any atom is 0.302 e. The Morgan fingerprint density at radius 2 is 1.50 bits per heavy atom. The molecule has 0 unspecified atom stereocenters. The molecular formula is C20H30O2. The highest BCUT2D eigenvalue weighted by Gasteiger charge is 2.15. The van der Waals surface area contributed by atoms with E-state index < -0.39 is 0 Å². The van der Waals surface area contributed by atoms with Gasteiger partial charge in [0.25, 0.3) is 0 Å². The van der Waals surface area contributed by atoms with Crippen LogP contribution in [0.2, 0.25) is 0 Å². The van der Waals surface area contributed by atoms with Gasteiger partial charge in [0.2, 0.25) is 0 Å². The van der Waals surface area contributed by atoms with E-state index in [1.165, 1.54) is 29.2 Å². The van der Waals surface area contributed by atoms with Gasteiger partial charge in [0.1, 0.15) is 6.61 Å². The lowest BCUT2D eigenvalue weighted by molar-refractivity contribution is -0.139. The van der Waals surface area contributed by atoms with Gasteiger partial charge in [0.15, 0.2) is 0 Å². The second-order valence-electron chi connectivity index (χ2n) is 6.78. The highest BCUT2D eigenvalue weighted by atomic mass is 16.5. The minimum absolute atomic E-state index is 0.243. The molecule has 0 bridgehead atoms. The molecule has 1 rings (SSSR count). The van der Waals surface area contributed by atoms with Crippen LogP contribution >= 0.6 is 0 Å². The molecule has 0 spiro atoms. The van der Waals surface area contributed by atoms with Gasteiger partial charge in [0, 0.05) is 6.92 Å². The molecule has 2 heteroatoms. The van der Waals surface area contributed by atoms with Crippen molar-refractivity contribution in [2.75, 3.05) is 6.61 Å². The summed E-state index contributed by atoms with van der Waals surface area (Å²) >= 11 is 0. The van der Waals surface area contributed by atoms with Gasteiger partial charge in [-0.15, -0.1) is 0 Å². The molecule has 1 aromatic carbocycles. The zero-order chi connectivity index (χ0) is 16.9. The zero-order valence-corrected chi connectivity index (χ0v) is 15.1. The lowest BCUT2D eigenvalue weighted by Crippen LogP contribution is -2.04. The van der Waals surface area contributed by atoms with E-state index in [4.69, 9.17) is 4.74 Å². The van der Waals surface area contributed by atoms with Crippen LogP contribution in [-0.2, 0) is 9.53 Å². The molecule has 0 heterocycles. The van der Waals surface area contributed by atoms with Crippen molar-refractivity contribution in [1.82, 2.24) is 0 Å². The summed E-state index contributed by atoms with van der Waals surface area (Å²) in [6.07, 6.45) is 4.04. The lowest BCUT2D eigenvalue weighted by Gasteiger charge is -2.21. The third kappa shape index (κ3) is 5.01. The van der Waals surface area contributed by atoms with E-state index >= 15 is 0 Å². The largest absolute Gasteiger partial charge is 0.462 e. The molecule has 2 nitrogen and oxygen atoms in total. The van der Waals surface area contributed by atoms with E-state index in [-0.39, 0.29) is 5.97 Å². The molecule has 0 N–H and O–H groups in total. The summed E-state index contributed by atoms with van der Waals surface area (Å²) in [6, 6.07) is 4.65. The number of esters is 1. The molecule has 0 aliphatic rings. The Morgan fingerprint density at radius 1 is 1.00 bits per heavy atom. The fraction of sp³-hybridized carbons (Fsp3) is 0.550. The summed E-state index contributed by atoms with van der Waals surface area (Å²) < 4.78 is 5.00. The Balaban J connectivity index is 3.29. The minimum atomic E-state index is -0.243. The van der Waals surface area contributed by atoms with Crippen LogP contribution in [0.1, 0.15) is 88.5 Å². The summed E-state index contributed by atoms with van der Waals surface area (Å²) in [6.45, 7) is 15.2. The Kier molecular flexibility index (Phi) is 6.86. The van der Waals surface area contributed by atoms with Crippen LogP contribution in [0.4, 0.5) is 0 Å². The Hall–Kier alpha value is -1.57. The molecule has 0 aliphatic carbocycles. The summed E-state index contributed by atoms with van der Waals surface area (Å²) in [5, 5.41) is 0. The molecule has 0 aromatic heterocycles. The summed E-state index contributed by atoms with van der Waals surface area (Å²) in [5.41, 5.74) is 5.41. The quantitative estimate of drug-likeness (QED) is 0.636. The van der Waals surface area contributed by atoms with Crippen molar-refractivity contribution in [3.05, 3.63) is 40.5 Å². The highest BCUT2D eigenvalue weighted by Crippen LogP contribution is 2.32. The van der Waals surface area contributed by atoms with Crippen LogP contribution in [0.15, 0.2) is 18.2 Å². The van der Waals surface area contributed by atoms with E-state index in [2.05, 4.69) is 59.8 Å². The molecule has 0 saturated carbocycles. The van der Waals surface area contributed by atoms with Crippen LogP contribution in [0.25, 0.3) is 6.08 Å². The van der Waals surface area contributed by atoms with E-state index in [0.717, 1.165) is 0 Å². The number of hydrogen-bond acceptors (Lipinski definition) is 2. The van der Waals surface area contributed by atoms with Crippen molar-refractivity contribution in [1.29, 1.82) is 0 Å². The molecule has 0 saturated heterocycles. The van der Waals surface area contributed by atoms with Gasteiger partial charge >= 0.3 is 5.97 Å². The molecule has 0 radical (unpaired) electrons. The Labute approximate surface area is 135 Å². The number of carbonyl (C=O) groups is 1. The van der Waals surface area contributed by atoms with Crippen LogP contribution in [-0.4, -0.2) is 12.6 Å². The number of carbonyl (C=O) groups excluding carboxylic acids is 1. The summed E-state index contributed by atoms with van der Waals surface area (Å²) in [4.78, 5) is 10.9. The van der Waals surface area contributed by atoms with Crippen LogP contribution < -0.4 is 0 Å². The highest BCUT2D eigenvalue weighted by molar-refractivity contribution is 5.66. The topological polar surface area (TPSA) is 26.3 Å². The first-order chi connectivity index (χ1) is 10.2. The van der Waals surface area contributed by atoms with Gasteiger partial charge < -0.3 is 4.74 Å². The normalized spacial score (nSPS) is 11.9. The Bertz CT molecular complexity index is 508. The monoisotopic (exact) mass is 302 g/mol. The average molecular weight is 302 g/mol. The van der Waals surface area contributed by atoms with Crippen molar-refractivity contribution in [3.63, 3.8) is 0 Å². The molecule has 22 heavy (non-hydrogen) atoms. The maximum atomic E-state index is 10.9. The first-order valence-corrected chi connectivity index (χ1v) is 8.21. The van der Waals surface area contributed by atoms with Gasteiger partial charge in [0.05, 0.1) is 0 Å². The molecule has 0 amide bonds. The van der Waals surface area contributed by atoms with Crippen molar-refractivity contribution >= 4 is 12.0 Å². The van der Waals surface area contributed by atoms with Gasteiger partial charge in [-0.3, -0.25) is 4.79 Å². The number of rotatable bonds is 6. The fourth-order valence-corrected chi connectivity index (χ4v) is 2.54. The van der Waals surface area contributed by atoms with Crippen molar-refractivity contribution in [2.24, 2.45) is 0 Å². The van der Waals surface area contributed by atoms with Gasteiger partial charge in [-0.25, -0.2) is 0 Å². The molecule has 122 valence electrons. The predicted molar refractivity (Wildman–Crippen MR) is 94.4 cm³/mol. The standard InChI is InChI=1S/C20H30O2/c1-13(2)17-11-19(14(3)4)18(20(12-17)15(5)6)9-8-10-22-16(7)21/h8-9,11-15H,10H2,1-7H3/b9-8+. The smallest absolute Gasteiger partial charge is 0.302 e. The number of hydrogen-bond donors (Lipinski definition) is 0. The third-order valence-corrected chi connectivity index (χ3v) is 3.84. The molecule has 1 aromatic rings. The summed E-state index contributed by atoms with van der Waals surface area (Å²) in [7, 11) is 0. The molecular weight excluding hydrogens is 272 g/mol. The maximum absolute atomic E-state index is 10.9. The number of benzene rings is 1. The first kappa shape index (κ1) is 18.5. The van der Waals surface area contributed by atoms with E-state index in [0.29, 0.717) is 24.4 Å². The van der Waals surface area contributed by atoms with Gasteiger partial charge in [-0.05, 0) is 46.1 Å². The Morgan fingerprint density at radius 3 is 1.86 bits per heavy atom. The van der Waals surface area contributed by atoms with E-state index in [1.54, 1.807) is 0 Å². The van der Waals surface area contributed by atoms with Crippen molar-refractivity contribution in [3.8, 4) is 0 Å². The SMILES string of the molecule is CC(=O)OC/C=C/c1c(C(C)C)cc(C(C)C)cc1C(C)C. The summed E-state index contributed by atoms with van der Waals surface area (Å²) in [5.74, 6) is 1.20. The molecule has 0 fully saturated rings. The lowest BCUT2D eigenvalue weighted by atomic mass is 9.84. The van der Waals surface area contributed by atoms with Crippen LogP contribution in [0.3, 0.4) is 0 Å². The molecule has 0 aliphatic heterocycles. The van der Waals surface area contributed by atoms with Crippen LogP contribution in [0.5, 0.6) is 0 Å². The van der Waals surface area contributed by atoms with Crippen molar-refractivity contribution < 1.29 is 9.53 Å². The zero-order valence-electron chi connectivity index (χ0n) is 15.1. The second-order valence-corrected chi connectivity index (χ2v) is 6.78. The average Bonchev–Trinajstić information content (AvgIpc) is 2.42. The second kappa shape index (κ2) is 8.17. The predicted octanol–water partition coefficient (Wildman–Crippen LogP) is 5.63.